The van der Waals surface area contributed by atoms with Crippen molar-refractivity contribution in [3.63, 3.8) is 0 Å². The monoisotopic (exact) mass is 282 g/mol. The molecular weight excluding hydrogens is 260 g/mol. The number of rotatable bonds is 8. The highest BCUT2D eigenvalue weighted by atomic mass is 16.5. The third-order valence-electron chi connectivity index (χ3n) is 3.65. The number of aliphatic carboxylic acids is 1. The Labute approximate surface area is 118 Å². The van der Waals surface area contributed by atoms with Crippen molar-refractivity contribution in [2.24, 2.45) is 5.41 Å². The van der Waals surface area contributed by atoms with Gasteiger partial charge in [0.05, 0.1) is 19.8 Å². The van der Waals surface area contributed by atoms with E-state index in [0.29, 0.717) is 12.8 Å². The molecule has 5 nitrogen and oxygen atoms in total. The maximum absolute atomic E-state index is 11.1. The van der Waals surface area contributed by atoms with Gasteiger partial charge in [0, 0.05) is 0 Å². The Morgan fingerprint density at radius 3 is 2.40 bits per heavy atom. The van der Waals surface area contributed by atoms with E-state index in [4.69, 9.17) is 14.9 Å². The normalized spacial score (nSPS) is 15.4. The summed E-state index contributed by atoms with van der Waals surface area (Å²) in [6.45, 7) is 0.777. The summed E-state index contributed by atoms with van der Waals surface area (Å²) in [6.07, 6.45) is 0.650. The summed E-state index contributed by atoms with van der Waals surface area (Å²) in [4.78, 5) is 11.1. The van der Waals surface area contributed by atoms with E-state index < -0.39 is 24.1 Å². The molecule has 0 spiro atoms. The third-order valence-corrected chi connectivity index (χ3v) is 3.65. The summed E-state index contributed by atoms with van der Waals surface area (Å²) < 4.78 is 5.06. The van der Waals surface area contributed by atoms with Crippen LogP contribution in [-0.2, 0) is 11.2 Å². The summed E-state index contributed by atoms with van der Waals surface area (Å²) in [5.74, 6) is -0.399. The molecule has 0 saturated heterocycles. The van der Waals surface area contributed by atoms with Crippen molar-refractivity contribution in [1.29, 1.82) is 0 Å². The fourth-order valence-corrected chi connectivity index (χ4v) is 1.93. The lowest BCUT2D eigenvalue weighted by Crippen LogP contribution is -2.43. The smallest absolute Gasteiger partial charge is 0.314 e. The summed E-state index contributed by atoms with van der Waals surface area (Å²) in [7, 11) is 1.60. The van der Waals surface area contributed by atoms with Crippen LogP contribution in [0.2, 0.25) is 0 Å². The summed E-state index contributed by atoms with van der Waals surface area (Å²) in [5.41, 5.74) is -0.404. The zero-order valence-electron chi connectivity index (χ0n) is 11.9. The third kappa shape index (κ3) is 3.95. The highest BCUT2D eigenvalue weighted by Crippen LogP contribution is 2.25. The van der Waals surface area contributed by atoms with Crippen LogP contribution < -0.4 is 4.74 Å². The van der Waals surface area contributed by atoms with Crippen LogP contribution in [0.25, 0.3) is 0 Å². The molecule has 20 heavy (non-hydrogen) atoms. The maximum atomic E-state index is 11.1. The second kappa shape index (κ2) is 7.26. The molecule has 0 heterocycles. The van der Waals surface area contributed by atoms with Gasteiger partial charge in [0.2, 0.25) is 0 Å². The molecule has 0 bridgehead atoms. The second-order valence-electron chi connectivity index (χ2n) is 5.14. The van der Waals surface area contributed by atoms with Crippen LogP contribution >= 0.6 is 0 Å². The van der Waals surface area contributed by atoms with E-state index in [1.807, 2.05) is 24.3 Å². The molecule has 0 aliphatic carbocycles. The van der Waals surface area contributed by atoms with Crippen molar-refractivity contribution in [3.05, 3.63) is 29.8 Å². The molecule has 0 aliphatic rings. The van der Waals surface area contributed by atoms with E-state index >= 15 is 0 Å². The first-order valence-electron chi connectivity index (χ1n) is 6.59. The molecule has 0 saturated carbocycles. The minimum Gasteiger partial charge on any atom is -0.497 e. The first-order valence-corrected chi connectivity index (χ1v) is 6.59. The fourth-order valence-electron chi connectivity index (χ4n) is 1.93. The van der Waals surface area contributed by atoms with Gasteiger partial charge >= 0.3 is 5.97 Å². The Morgan fingerprint density at radius 1 is 1.35 bits per heavy atom. The summed E-state index contributed by atoms with van der Waals surface area (Å²) in [6, 6.07) is 7.60. The van der Waals surface area contributed by atoms with Crippen LogP contribution in [0.5, 0.6) is 5.75 Å². The standard InChI is InChI=1S/C15H22O5/c1-15(10-16,14(18)19)13(17)5-3-4-11-6-8-12(20-2)9-7-11/h6-9,13,16-17H,3-5,10H2,1-2H3,(H,18,19). The number of ether oxygens (including phenoxy) is 1. The van der Waals surface area contributed by atoms with Gasteiger partial charge < -0.3 is 20.1 Å². The number of benzene rings is 1. The number of aryl methyl sites for hydroxylation is 1. The van der Waals surface area contributed by atoms with Crippen LogP contribution in [0.3, 0.4) is 0 Å². The van der Waals surface area contributed by atoms with Crippen LogP contribution in [-0.4, -0.2) is 41.1 Å². The molecule has 0 amide bonds. The highest BCUT2D eigenvalue weighted by molar-refractivity contribution is 5.75. The molecule has 1 rings (SSSR count). The van der Waals surface area contributed by atoms with Crippen molar-refractivity contribution >= 4 is 5.97 Å². The van der Waals surface area contributed by atoms with Crippen molar-refractivity contribution in [2.45, 2.75) is 32.3 Å². The average Bonchev–Trinajstić information content (AvgIpc) is 2.46. The van der Waals surface area contributed by atoms with Crippen molar-refractivity contribution in [3.8, 4) is 5.75 Å². The zero-order valence-corrected chi connectivity index (χ0v) is 11.9. The average molecular weight is 282 g/mol. The SMILES string of the molecule is COc1ccc(CCCC(O)C(C)(CO)C(=O)O)cc1. The van der Waals surface area contributed by atoms with Gasteiger partial charge in [-0.15, -0.1) is 0 Å². The number of hydrogen-bond acceptors (Lipinski definition) is 4. The predicted molar refractivity (Wildman–Crippen MR) is 74.8 cm³/mol. The van der Waals surface area contributed by atoms with Crippen LogP contribution in [0.15, 0.2) is 24.3 Å². The first kappa shape index (κ1) is 16.5. The molecule has 0 radical (unpaired) electrons. The number of carbonyl (C=O) groups is 1. The van der Waals surface area contributed by atoms with Crippen LogP contribution in [0.1, 0.15) is 25.3 Å². The Hall–Kier alpha value is -1.59. The van der Waals surface area contributed by atoms with Crippen molar-refractivity contribution < 1.29 is 24.9 Å². The van der Waals surface area contributed by atoms with E-state index in [9.17, 15) is 9.90 Å². The molecule has 5 heteroatoms. The maximum Gasteiger partial charge on any atom is 0.314 e. The number of carboxylic acids is 1. The minimum atomic E-state index is -1.50. The molecular formula is C15H22O5. The van der Waals surface area contributed by atoms with Gasteiger partial charge in [0.25, 0.3) is 0 Å². The quantitative estimate of drug-likeness (QED) is 0.672. The van der Waals surface area contributed by atoms with Crippen molar-refractivity contribution in [2.75, 3.05) is 13.7 Å². The lowest BCUT2D eigenvalue weighted by Gasteiger charge is -2.28. The summed E-state index contributed by atoms with van der Waals surface area (Å²) in [5, 5.41) is 28.1. The van der Waals surface area contributed by atoms with Crippen LogP contribution in [0.4, 0.5) is 0 Å². The van der Waals surface area contributed by atoms with Gasteiger partial charge in [0.15, 0.2) is 0 Å². The van der Waals surface area contributed by atoms with Gasteiger partial charge in [-0.05, 0) is 43.9 Å². The van der Waals surface area contributed by atoms with Gasteiger partial charge in [-0.2, -0.15) is 0 Å². The van der Waals surface area contributed by atoms with Gasteiger partial charge in [0.1, 0.15) is 11.2 Å². The number of methoxy groups -OCH3 is 1. The van der Waals surface area contributed by atoms with E-state index in [0.717, 1.165) is 17.7 Å². The Bertz CT molecular complexity index is 428. The Kier molecular flexibility index (Phi) is 5.98. The van der Waals surface area contributed by atoms with E-state index in [1.165, 1.54) is 6.92 Å². The molecule has 3 N–H and O–H groups in total. The van der Waals surface area contributed by atoms with E-state index in [2.05, 4.69) is 0 Å². The molecule has 0 fully saturated rings. The Balaban J connectivity index is 2.48. The number of aliphatic hydroxyl groups is 2. The lowest BCUT2D eigenvalue weighted by molar-refractivity contribution is -0.159. The Morgan fingerprint density at radius 2 is 1.95 bits per heavy atom. The van der Waals surface area contributed by atoms with Gasteiger partial charge in [-0.1, -0.05) is 12.1 Å². The van der Waals surface area contributed by atoms with E-state index in [1.54, 1.807) is 7.11 Å². The molecule has 2 unspecified atom stereocenters. The number of carboxylic acid groups (broad SMARTS) is 1. The molecule has 2 atom stereocenters. The number of aliphatic hydroxyl groups excluding tert-OH is 2. The second-order valence-corrected chi connectivity index (χ2v) is 5.14. The topological polar surface area (TPSA) is 87.0 Å². The van der Waals surface area contributed by atoms with Crippen molar-refractivity contribution in [1.82, 2.24) is 0 Å². The molecule has 1 aromatic rings. The molecule has 0 aliphatic heterocycles. The highest BCUT2D eigenvalue weighted by Gasteiger charge is 2.39. The minimum absolute atomic E-state index is 0.329. The largest absolute Gasteiger partial charge is 0.497 e. The molecule has 1 aromatic carbocycles. The summed E-state index contributed by atoms with van der Waals surface area (Å²) >= 11 is 0. The lowest BCUT2D eigenvalue weighted by atomic mass is 9.82. The molecule has 0 aromatic heterocycles. The first-order chi connectivity index (χ1) is 9.43. The fraction of sp³-hybridized carbons (Fsp3) is 0.533. The van der Waals surface area contributed by atoms with E-state index in [-0.39, 0.29) is 0 Å². The zero-order chi connectivity index (χ0) is 15.2. The van der Waals surface area contributed by atoms with Crippen LogP contribution in [0, 0.1) is 5.41 Å². The predicted octanol–water partition coefficient (Wildman–Crippen LogP) is 1.46. The number of hydrogen-bond donors (Lipinski definition) is 3. The van der Waals surface area contributed by atoms with Gasteiger partial charge in [-0.25, -0.2) is 0 Å². The van der Waals surface area contributed by atoms with Gasteiger partial charge in [-0.3, -0.25) is 4.79 Å². The molecule has 112 valence electrons.